The predicted molar refractivity (Wildman–Crippen MR) is 107 cm³/mol. The van der Waals surface area contributed by atoms with Crippen LogP contribution in [0.2, 0.25) is 0 Å². The van der Waals surface area contributed by atoms with Crippen molar-refractivity contribution in [2.45, 2.75) is 6.42 Å². The number of nitrogens with two attached hydrogens (primary N) is 1. The van der Waals surface area contributed by atoms with Gasteiger partial charge in [-0.05, 0) is 42.3 Å². The molecule has 2 aromatic carbocycles. The minimum Gasteiger partial charge on any atom is -0.361 e. The molecule has 3 aromatic rings. The van der Waals surface area contributed by atoms with E-state index in [1.54, 1.807) is 6.07 Å². The van der Waals surface area contributed by atoms with Crippen LogP contribution in [-0.2, 0) is 6.42 Å². The van der Waals surface area contributed by atoms with Crippen molar-refractivity contribution in [1.82, 2.24) is 4.98 Å². The molecule has 3 rings (SSSR count). The molecule has 1 heterocycles. The third-order valence-electron chi connectivity index (χ3n) is 3.43. The van der Waals surface area contributed by atoms with Crippen molar-refractivity contribution in [2.75, 3.05) is 16.2 Å². The van der Waals surface area contributed by atoms with Gasteiger partial charge in [0, 0.05) is 11.0 Å². The zero-order valence-electron chi connectivity index (χ0n) is 12.6. The SMILES string of the molecule is NC(=O)N(S)c1ccc2nc(NCCc3ccc(Br)cc3)sc2c1. The van der Waals surface area contributed by atoms with Crippen LogP contribution in [0, 0.1) is 0 Å². The van der Waals surface area contributed by atoms with Crippen LogP contribution in [0.3, 0.4) is 0 Å². The van der Waals surface area contributed by atoms with E-state index < -0.39 is 6.03 Å². The monoisotopic (exact) mass is 422 g/mol. The van der Waals surface area contributed by atoms with E-state index >= 15 is 0 Å². The number of hydrogen-bond acceptors (Lipinski definition) is 5. The van der Waals surface area contributed by atoms with Gasteiger partial charge in [0.15, 0.2) is 5.13 Å². The highest BCUT2D eigenvalue weighted by atomic mass is 79.9. The Kier molecular flexibility index (Phi) is 5.27. The fraction of sp³-hybridized carbons (Fsp3) is 0.125. The van der Waals surface area contributed by atoms with Crippen molar-refractivity contribution >= 4 is 67.1 Å². The van der Waals surface area contributed by atoms with E-state index in [4.69, 9.17) is 5.73 Å². The summed E-state index contributed by atoms with van der Waals surface area (Å²) in [6, 6.07) is 13.1. The molecular formula is C16H15BrN4OS2. The highest BCUT2D eigenvalue weighted by Gasteiger charge is 2.10. The summed E-state index contributed by atoms with van der Waals surface area (Å²) in [6.07, 6.45) is 0.917. The molecule has 3 N–H and O–H groups in total. The molecule has 0 fully saturated rings. The second-order valence-electron chi connectivity index (χ2n) is 5.12. The molecule has 0 saturated carbocycles. The van der Waals surface area contributed by atoms with Gasteiger partial charge in [-0.1, -0.05) is 52.2 Å². The summed E-state index contributed by atoms with van der Waals surface area (Å²) in [4.78, 5) is 15.7. The second-order valence-corrected chi connectivity index (χ2v) is 7.47. The van der Waals surface area contributed by atoms with Crippen molar-refractivity contribution in [2.24, 2.45) is 5.73 Å². The molecule has 5 nitrogen and oxygen atoms in total. The number of anilines is 2. The number of urea groups is 1. The van der Waals surface area contributed by atoms with Crippen LogP contribution in [0.25, 0.3) is 10.2 Å². The lowest BCUT2D eigenvalue weighted by molar-refractivity contribution is 0.257. The first-order chi connectivity index (χ1) is 11.5. The van der Waals surface area contributed by atoms with E-state index in [0.29, 0.717) is 5.69 Å². The lowest BCUT2D eigenvalue weighted by atomic mass is 10.1. The maximum Gasteiger partial charge on any atom is 0.329 e. The number of carbonyl (C=O) groups excluding carboxylic acids is 1. The fourth-order valence-electron chi connectivity index (χ4n) is 2.21. The Labute approximate surface area is 157 Å². The summed E-state index contributed by atoms with van der Waals surface area (Å²) in [5, 5.41) is 4.19. The van der Waals surface area contributed by atoms with Crippen molar-refractivity contribution in [1.29, 1.82) is 0 Å². The molecule has 124 valence electrons. The van der Waals surface area contributed by atoms with Gasteiger partial charge in [-0.2, -0.15) is 0 Å². The number of nitrogens with zero attached hydrogens (tertiary/aromatic N) is 2. The number of thiazole rings is 1. The first-order valence-corrected chi connectivity index (χ1v) is 9.21. The maximum absolute atomic E-state index is 11.2. The standard InChI is InChI=1S/C16H15BrN4OS2/c17-11-3-1-10(2-4-11)7-8-19-16-20-13-6-5-12(9-14(13)24-16)21(23)15(18)22/h1-6,9,23H,7-8H2,(H2,18,22)(H,19,20). The number of primary amides is 1. The second kappa shape index (κ2) is 7.42. The summed E-state index contributed by atoms with van der Waals surface area (Å²) in [5.74, 6) is 0. The van der Waals surface area contributed by atoms with E-state index in [0.717, 1.165) is 37.1 Å². The smallest absolute Gasteiger partial charge is 0.329 e. The van der Waals surface area contributed by atoms with Crippen LogP contribution in [-0.4, -0.2) is 17.6 Å². The number of thiol groups is 1. The van der Waals surface area contributed by atoms with Gasteiger partial charge >= 0.3 is 6.03 Å². The lowest BCUT2D eigenvalue weighted by Gasteiger charge is -2.11. The molecule has 0 saturated heterocycles. The van der Waals surface area contributed by atoms with E-state index in [9.17, 15) is 4.79 Å². The lowest BCUT2D eigenvalue weighted by Crippen LogP contribution is -2.27. The molecule has 0 aliphatic rings. The molecule has 0 aliphatic heterocycles. The van der Waals surface area contributed by atoms with E-state index in [1.165, 1.54) is 16.9 Å². The first-order valence-electron chi connectivity index (χ1n) is 7.20. The Balaban J connectivity index is 1.67. The average Bonchev–Trinajstić information content (AvgIpc) is 2.97. The number of fused-ring (bicyclic) bond motifs is 1. The first kappa shape index (κ1) is 17.1. The van der Waals surface area contributed by atoms with Crippen molar-refractivity contribution in [3.63, 3.8) is 0 Å². The quantitative estimate of drug-likeness (QED) is 0.532. The normalized spacial score (nSPS) is 10.8. The highest BCUT2D eigenvalue weighted by Crippen LogP contribution is 2.30. The van der Waals surface area contributed by atoms with Crippen molar-refractivity contribution in [3.8, 4) is 0 Å². The molecule has 2 amide bonds. The van der Waals surface area contributed by atoms with Gasteiger partial charge in [-0.3, -0.25) is 0 Å². The minimum absolute atomic E-state index is 0.616. The Hall–Kier alpha value is -1.77. The van der Waals surface area contributed by atoms with Gasteiger partial charge in [-0.25, -0.2) is 14.1 Å². The van der Waals surface area contributed by atoms with E-state index in [2.05, 4.69) is 51.2 Å². The topological polar surface area (TPSA) is 71.2 Å². The largest absolute Gasteiger partial charge is 0.361 e. The van der Waals surface area contributed by atoms with Crippen molar-refractivity contribution < 1.29 is 4.79 Å². The van der Waals surface area contributed by atoms with Crippen LogP contribution in [0.1, 0.15) is 5.56 Å². The number of halogens is 1. The minimum atomic E-state index is -0.616. The molecule has 1 aromatic heterocycles. The summed E-state index contributed by atoms with van der Waals surface area (Å²) in [5.41, 5.74) is 8.00. The molecule has 0 aliphatic carbocycles. The van der Waals surface area contributed by atoms with Gasteiger partial charge in [0.25, 0.3) is 0 Å². The predicted octanol–water partition coefficient (Wildman–Crippen LogP) is 4.44. The Bertz CT molecular complexity index is 866. The van der Waals surface area contributed by atoms with Crippen LogP contribution in [0.5, 0.6) is 0 Å². The summed E-state index contributed by atoms with van der Waals surface area (Å²) in [6.45, 7) is 0.800. The highest BCUT2D eigenvalue weighted by molar-refractivity contribution is 9.10. The average molecular weight is 423 g/mol. The number of nitrogens with one attached hydrogen (secondary N) is 1. The number of rotatable bonds is 5. The Morgan fingerprint density at radius 1 is 1.29 bits per heavy atom. The number of aromatic nitrogens is 1. The molecule has 0 atom stereocenters. The third-order valence-corrected chi connectivity index (χ3v) is 5.36. The Morgan fingerprint density at radius 2 is 2.04 bits per heavy atom. The molecule has 0 radical (unpaired) electrons. The number of hydrogen-bond donors (Lipinski definition) is 3. The van der Waals surface area contributed by atoms with E-state index in [-0.39, 0.29) is 0 Å². The summed E-state index contributed by atoms with van der Waals surface area (Å²) in [7, 11) is 0. The molecule has 0 bridgehead atoms. The molecular weight excluding hydrogens is 408 g/mol. The Morgan fingerprint density at radius 3 is 2.75 bits per heavy atom. The third kappa shape index (κ3) is 4.00. The number of amides is 2. The van der Waals surface area contributed by atoms with Gasteiger partial charge in [-0.15, -0.1) is 0 Å². The van der Waals surface area contributed by atoms with Gasteiger partial charge < -0.3 is 11.1 Å². The molecule has 0 spiro atoms. The molecule has 24 heavy (non-hydrogen) atoms. The summed E-state index contributed by atoms with van der Waals surface area (Å²) < 4.78 is 3.16. The zero-order chi connectivity index (χ0) is 17.1. The molecule has 8 heteroatoms. The van der Waals surface area contributed by atoms with Gasteiger partial charge in [0.2, 0.25) is 0 Å². The van der Waals surface area contributed by atoms with Crippen LogP contribution in [0.4, 0.5) is 15.6 Å². The van der Waals surface area contributed by atoms with Gasteiger partial charge in [0.05, 0.1) is 15.9 Å². The maximum atomic E-state index is 11.2. The van der Waals surface area contributed by atoms with Crippen molar-refractivity contribution in [3.05, 3.63) is 52.5 Å². The number of carbonyl (C=O) groups is 1. The zero-order valence-corrected chi connectivity index (χ0v) is 15.9. The van der Waals surface area contributed by atoms with E-state index in [1.807, 2.05) is 24.3 Å². The van der Waals surface area contributed by atoms with Gasteiger partial charge in [0.1, 0.15) is 0 Å². The van der Waals surface area contributed by atoms with Crippen LogP contribution in [0.15, 0.2) is 46.9 Å². The van der Waals surface area contributed by atoms with Crippen LogP contribution < -0.4 is 15.4 Å². The van der Waals surface area contributed by atoms with Crippen LogP contribution >= 0.6 is 40.1 Å². The fourth-order valence-corrected chi connectivity index (χ4v) is 3.53. The number of benzene rings is 2. The molecule has 0 unspecified atom stereocenters. The summed E-state index contributed by atoms with van der Waals surface area (Å²) >= 11 is 9.04.